The summed E-state index contributed by atoms with van der Waals surface area (Å²) in [7, 11) is 3.07. The second-order valence-corrected chi connectivity index (χ2v) is 3.19. The van der Waals surface area contributed by atoms with E-state index in [1.54, 1.807) is 13.2 Å². The van der Waals surface area contributed by atoms with Gasteiger partial charge in [0.25, 0.3) is 5.88 Å². The van der Waals surface area contributed by atoms with Crippen LogP contribution in [0.15, 0.2) is 24.3 Å². The van der Waals surface area contributed by atoms with Gasteiger partial charge in [-0.05, 0) is 12.1 Å². The van der Waals surface area contributed by atoms with Crippen molar-refractivity contribution in [3.63, 3.8) is 0 Å². The topological polar surface area (TPSA) is 55.1 Å². The van der Waals surface area contributed by atoms with Gasteiger partial charge in [0.2, 0.25) is 0 Å². The van der Waals surface area contributed by atoms with E-state index in [-0.39, 0.29) is 0 Å². The maximum atomic E-state index is 8.96. The van der Waals surface area contributed by atoms with Crippen molar-refractivity contribution in [1.82, 2.24) is 4.98 Å². The number of hydrogen-bond donors (Lipinski definition) is 0. The van der Waals surface area contributed by atoms with E-state index in [0.29, 0.717) is 22.7 Å². The SMILES string of the molecule is COc1cc2cccc(C#N)c2nc1OC. The number of nitrogens with zero attached hydrogens (tertiary/aromatic N) is 2. The Morgan fingerprint density at radius 2 is 2.06 bits per heavy atom. The molecule has 0 radical (unpaired) electrons. The molecule has 0 atom stereocenters. The van der Waals surface area contributed by atoms with Gasteiger partial charge in [-0.15, -0.1) is 0 Å². The molecule has 0 aliphatic rings. The van der Waals surface area contributed by atoms with E-state index >= 15 is 0 Å². The van der Waals surface area contributed by atoms with Crippen LogP contribution in [0.1, 0.15) is 5.56 Å². The Morgan fingerprint density at radius 3 is 2.69 bits per heavy atom. The molecule has 16 heavy (non-hydrogen) atoms. The van der Waals surface area contributed by atoms with Gasteiger partial charge in [-0.1, -0.05) is 12.1 Å². The van der Waals surface area contributed by atoms with E-state index in [2.05, 4.69) is 11.1 Å². The maximum Gasteiger partial charge on any atom is 0.257 e. The molecule has 0 aliphatic carbocycles. The highest BCUT2D eigenvalue weighted by molar-refractivity contribution is 5.86. The van der Waals surface area contributed by atoms with E-state index in [9.17, 15) is 0 Å². The maximum absolute atomic E-state index is 8.96. The second kappa shape index (κ2) is 4.07. The summed E-state index contributed by atoms with van der Waals surface area (Å²) in [6.07, 6.45) is 0. The number of benzene rings is 1. The Balaban J connectivity index is 2.79. The Labute approximate surface area is 93.0 Å². The average Bonchev–Trinajstić information content (AvgIpc) is 2.36. The van der Waals surface area contributed by atoms with Crippen LogP contribution in [0.4, 0.5) is 0 Å². The number of pyridine rings is 1. The van der Waals surface area contributed by atoms with Gasteiger partial charge < -0.3 is 9.47 Å². The lowest BCUT2D eigenvalue weighted by Crippen LogP contribution is -1.95. The zero-order chi connectivity index (χ0) is 11.5. The van der Waals surface area contributed by atoms with Crippen molar-refractivity contribution in [3.8, 4) is 17.7 Å². The molecule has 2 rings (SSSR count). The van der Waals surface area contributed by atoms with Crippen LogP contribution in [-0.4, -0.2) is 19.2 Å². The van der Waals surface area contributed by atoms with Crippen molar-refractivity contribution in [1.29, 1.82) is 5.26 Å². The Hall–Kier alpha value is -2.28. The van der Waals surface area contributed by atoms with Gasteiger partial charge in [-0.3, -0.25) is 0 Å². The molecule has 0 saturated carbocycles. The number of rotatable bonds is 2. The fourth-order valence-corrected chi connectivity index (χ4v) is 1.54. The first kappa shape index (κ1) is 10.2. The molecule has 1 aromatic heterocycles. The second-order valence-electron chi connectivity index (χ2n) is 3.19. The Morgan fingerprint density at radius 1 is 1.25 bits per heavy atom. The van der Waals surface area contributed by atoms with Crippen LogP contribution < -0.4 is 9.47 Å². The third-order valence-electron chi connectivity index (χ3n) is 2.31. The van der Waals surface area contributed by atoms with Gasteiger partial charge in [-0.2, -0.15) is 5.26 Å². The molecule has 0 spiro atoms. The quantitative estimate of drug-likeness (QED) is 0.768. The van der Waals surface area contributed by atoms with E-state index in [1.165, 1.54) is 7.11 Å². The summed E-state index contributed by atoms with van der Waals surface area (Å²) in [5.74, 6) is 0.947. The van der Waals surface area contributed by atoms with E-state index in [4.69, 9.17) is 14.7 Å². The molecular weight excluding hydrogens is 204 g/mol. The number of ether oxygens (including phenoxy) is 2. The molecule has 2 aromatic rings. The molecule has 0 aliphatic heterocycles. The highest BCUT2D eigenvalue weighted by Gasteiger charge is 2.09. The predicted molar refractivity (Wildman–Crippen MR) is 59.6 cm³/mol. The highest BCUT2D eigenvalue weighted by Crippen LogP contribution is 2.29. The van der Waals surface area contributed by atoms with Gasteiger partial charge in [0.1, 0.15) is 6.07 Å². The number of nitriles is 1. The van der Waals surface area contributed by atoms with Gasteiger partial charge >= 0.3 is 0 Å². The number of aromatic nitrogens is 1. The standard InChI is InChI=1S/C12H10N2O2/c1-15-10-6-8-4-3-5-9(7-13)11(8)14-12(10)16-2/h3-6H,1-2H3. The van der Waals surface area contributed by atoms with Gasteiger partial charge in [-0.25, -0.2) is 4.98 Å². The third-order valence-corrected chi connectivity index (χ3v) is 2.31. The van der Waals surface area contributed by atoms with E-state index < -0.39 is 0 Å². The van der Waals surface area contributed by atoms with Crippen LogP contribution in [-0.2, 0) is 0 Å². The molecule has 4 heteroatoms. The van der Waals surface area contributed by atoms with Crippen molar-refractivity contribution in [2.24, 2.45) is 0 Å². The van der Waals surface area contributed by atoms with Crippen LogP contribution in [0, 0.1) is 11.3 Å². The van der Waals surface area contributed by atoms with Gasteiger partial charge in [0.05, 0.1) is 25.3 Å². The smallest absolute Gasteiger partial charge is 0.257 e. The minimum Gasteiger partial charge on any atom is -0.491 e. The molecule has 1 heterocycles. The van der Waals surface area contributed by atoms with Crippen molar-refractivity contribution in [3.05, 3.63) is 29.8 Å². The first-order valence-corrected chi connectivity index (χ1v) is 4.72. The van der Waals surface area contributed by atoms with Crippen molar-refractivity contribution in [2.45, 2.75) is 0 Å². The number of para-hydroxylation sites is 1. The number of fused-ring (bicyclic) bond motifs is 1. The summed E-state index contributed by atoms with van der Waals surface area (Å²) in [6.45, 7) is 0. The van der Waals surface area contributed by atoms with Crippen LogP contribution in [0.3, 0.4) is 0 Å². The average molecular weight is 214 g/mol. The monoisotopic (exact) mass is 214 g/mol. The minimum atomic E-state index is 0.387. The molecule has 80 valence electrons. The lowest BCUT2D eigenvalue weighted by molar-refractivity contribution is 0.344. The summed E-state index contributed by atoms with van der Waals surface area (Å²) >= 11 is 0. The Bertz CT molecular complexity index is 573. The number of hydrogen-bond acceptors (Lipinski definition) is 4. The summed E-state index contributed by atoms with van der Waals surface area (Å²) in [6, 6.07) is 9.32. The van der Waals surface area contributed by atoms with Crippen LogP contribution in [0.2, 0.25) is 0 Å². The molecule has 0 N–H and O–H groups in total. The van der Waals surface area contributed by atoms with Crippen LogP contribution >= 0.6 is 0 Å². The summed E-state index contributed by atoms with van der Waals surface area (Å²) in [5.41, 5.74) is 1.15. The Kier molecular flexibility index (Phi) is 2.61. The first-order chi connectivity index (χ1) is 7.80. The molecule has 0 unspecified atom stereocenters. The molecule has 0 fully saturated rings. The fraction of sp³-hybridized carbons (Fsp3) is 0.167. The zero-order valence-corrected chi connectivity index (χ0v) is 9.02. The van der Waals surface area contributed by atoms with Crippen LogP contribution in [0.5, 0.6) is 11.6 Å². The molecule has 0 amide bonds. The molecular formula is C12H10N2O2. The van der Waals surface area contributed by atoms with Crippen molar-refractivity contribution >= 4 is 10.9 Å². The third kappa shape index (κ3) is 1.52. The summed E-state index contributed by atoms with van der Waals surface area (Å²) in [4.78, 5) is 4.27. The number of methoxy groups -OCH3 is 2. The molecule has 1 aromatic carbocycles. The molecule has 4 nitrogen and oxygen atoms in total. The molecule has 0 saturated heterocycles. The highest BCUT2D eigenvalue weighted by atomic mass is 16.5. The zero-order valence-electron chi connectivity index (χ0n) is 9.02. The van der Waals surface area contributed by atoms with Crippen molar-refractivity contribution in [2.75, 3.05) is 14.2 Å². The predicted octanol–water partition coefficient (Wildman–Crippen LogP) is 2.12. The van der Waals surface area contributed by atoms with E-state index in [1.807, 2.05) is 18.2 Å². The first-order valence-electron chi connectivity index (χ1n) is 4.72. The minimum absolute atomic E-state index is 0.387. The van der Waals surface area contributed by atoms with Crippen molar-refractivity contribution < 1.29 is 9.47 Å². The summed E-state index contributed by atoms with van der Waals surface area (Å²) < 4.78 is 10.2. The van der Waals surface area contributed by atoms with Gasteiger partial charge in [0, 0.05) is 5.39 Å². The largest absolute Gasteiger partial charge is 0.491 e. The fourth-order valence-electron chi connectivity index (χ4n) is 1.54. The normalized spacial score (nSPS) is 9.81. The lowest BCUT2D eigenvalue weighted by Gasteiger charge is -2.08. The molecule has 0 bridgehead atoms. The lowest BCUT2D eigenvalue weighted by atomic mass is 10.1. The van der Waals surface area contributed by atoms with E-state index in [0.717, 1.165) is 5.39 Å². The van der Waals surface area contributed by atoms with Crippen LogP contribution in [0.25, 0.3) is 10.9 Å². The summed E-state index contributed by atoms with van der Waals surface area (Å²) in [5, 5.41) is 9.82. The van der Waals surface area contributed by atoms with Gasteiger partial charge in [0.15, 0.2) is 5.75 Å².